The highest BCUT2D eigenvalue weighted by molar-refractivity contribution is 6.08. The second-order valence-corrected chi connectivity index (χ2v) is 6.64. The summed E-state index contributed by atoms with van der Waals surface area (Å²) in [5.74, 6) is -0.0179. The molecular formula is C20H21N3O. The van der Waals surface area contributed by atoms with E-state index in [1.807, 2.05) is 91.0 Å². The van der Waals surface area contributed by atoms with Gasteiger partial charge in [-0.25, -0.2) is 4.98 Å². The first-order valence-electron chi connectivity index (χ1n) is 7.95. The standard InChI is InChI=1S/C20H21N3O/c1-20(2,3)23(19(24)16-9-5-4-6-10-16)18-12-8-7-11-17(18)22-14-13-21-15-22/h4-15H,1-3H3. The lowest BCUT2D eigenvalue weighted by molar-refractivity contribution is 0.0966. The average molecular weight is 319 g/mol. The maximum absolute atomic E-state index is 13.2. The third kappa shape index (κ3) is 3.08. The molecule has 0 spiro atoms. The van der Waals surface area contributed by atoms with Gasteiger partial charge in [0.1, 0.15) is 0 Å². The fourth-order valence-electron chi connectivity index (χ4n) is 2.76. The van der Waals surface area contributed by atoms with Crippen molar-refractivity contribution in [2.24, 2.45) is 0 Å². The molecule has 122 valence electrons. The lowest BCUT2D eigenvalue weighted by Gasteiger charge is -2.37. The number of imidazole rings is 1. The summed E-state index contributed by atoms with van der Waals surface area (Å²) in [5, 5.41) is 0. The van der Waals surface area contributed by atoms with Crippen LogP contribution >= 0.6 is 0 Å². The molecule has 0 unspecified atom stereocenters. The van der Waals surface area contributed by atoms with Crippen LogP contribution in [0.3, 0.4) is 0 Å². The van der Waals surface area contributed by atoms with Crippen molar-refractivity contribution in [1.82, 2.24) is 9.55 Å². The van der Waals surface area contributed by atoms with Gasteiger partial charge in [-0.3, -0.25) is 4.79 Å². The molecule has 0 fully saturated rings. The maximum atomic E-state index is 13.2. The van der Waals surface area contributed by atoms with E-state index in [1.54, 1.807) is 12.5 Å². The normalized spacial score (nSPS) is 11.3. The molecule has 0 atom stereocenters. The van der Waals surface area contributed by atoms with Crippen LogP contribution in [0, 0.1) is 0 Å². The molecule has 4 heteroatoms. The van der Waals surface area contributed by atoms with Crippen LogP contribution in [-0.4, -0.2) is 21.0 Å². The van der Waals surface area contributed by atoms with E-state index in [1.165, 1.54) is 0 Å². The fourth-order valence-corrected chi connectivity index (χ4v) is 2.76. The Kier molecular flexibility index (Phi) is 4.21. The van der Waals surface area contributed by atoms with Crippen molar-refractivity contribution >= 4 is 11.6 Å². The number of hydrogen-bond acceptors (Lipinski definition) is 2. The maximum Gasteiger partial charge on any atom is 0.258 e. The Hall–Kier alpha value is -2.88. The van der Waals surface area contributed by atoms with Crippen LogP contribution < -0.4 is 4.90 Å². The first kappa shape index (κ1) is 16.0. The molecule has 3 aromatic rings. The third-order valence-electron chi connectivity index (χ3n) is 3.80. The second kappa shape index (κ2) is 6.32. The van der Waals surface area contributed by atoms with E-state index in [9.17, 15) is 4.79 Å². The predicted octanol–water partition coefficient (Wildman–Crippen LogP) is 4.32. The second-order valence-electron chi connectivity index (χ2n) is 6.64. The van der Waals surface area contributed by atoms with Crippen molar-refractivity contribution in [3.8, 4) is 5.69 Å². The van der Waals surface area contributed by atoms with Gasteiger partial charge in [-0.05, 0) is 45.0 Å². The zero-order valence-corrected chi connectivity index (χ0v) is 14.2. The molecule has 0 saturated heterocycles. The molecule has 0 N–H and O–H groups in total. The van der Waals surface area contributed by atoms with Gasteiger partial charge in [-0.2, -0.15) is 0 Å². The molecule has 2 aromatic carbocycles. The summed E-state index contributed by atoms with van der Waals surface area (Å²) in [7, 11) is 0. The van der Waals surface area contributed by atoms with Crippen molar-refractivity contribution < 1.29 is 4.79 Å². The number of rotatable bonds is 3. The van der Waals surface area contributed by atoms with E-state index in [-0.39, 0.29) is 11.4 Å². The van der Waals surface area contributed by atoms with E-state index in [0.29, 0.717) is 5.56 Å². The van der Waals surface area contributed by atoms with Gasteiger partial charge >= 0.3 is 0 Å². The Balaban J connectivity index is 2.14. The summed E-state index contributed by atoms with van der Waals surface area (Å²) in [6.07, 6.45) is 5.36. The molecule has 0 bridgehead atoms. The van der Waals surface area contributed by atoms with Crippen molar-refractivity contribution in [3.63, 3.8) is 0 Å². The number of anilines is 1. The molecule has 24 heavy (non-hydrogen) atoms. The molecule has 1 amide bonds. The molecule has 1 heterocycles. The van der Waals surface area contributed by atoms with Crippen LogP contribution in [0.2, 0.25) is 0 Å². The van der Waals surface area contributed by atoms with E-state index in [4.69, 9.17) is 0 Å². The van der Waals surface area contributed by atoms with Crippen LogP contribution in [0.15, 0.2) is 73.3 Å². The van der Waals surface area contributed by atoms with E-state index >= 15 is 0 Å². The smallest absolute Gasteiger partial charge is 0.258 e. The van der Waals surface area contributed by atoms with Gasteiger partial charge in [0.15, 0.2) is 0 Å². The summed E-state index contributed by atoms with van der Waals surface area (Å²) in [6, 6.07) is 17.3. The Labute approximate surface area is 142 Å². The Morgan fingerprint density at radius 1 is 1.00 bits per heavy atom. The monoisotopic (exact) mass is 319 g/mol. The lowest BCUT2D eigenvalue weighted by Crippen LogP contribution is -2.46. The van der Waals surface area contributed by atoms with Gasteiger partial charge in [0.2, 0.25) is 0 Å². The van der Waals surface area contributed by atoms with Crippen LogP contribution in [0.1, 0.15) is 31.1 Å². The minimum atomic E-state index is -0.371. The zero-order valence-electron chi connectivity index (χ0n) is 14.2. The van der Waals surface area contributed by atoms with Gasteiger partial charge in [-0.1, -0.05) is 30.3 Å². The van der Waals surface area contributed by atoms with Crippen molar-refractivity contribution in [2.75, 3.05) is 4.90 Å². The summed E-state index contributed by atoms with van der Waals surface area (Å²) in [4.78, 5) is 19.2. The number of amides is 1. The number of carbonyl (C=O) groups is 1. The zero-order chi connectivity index (χ0) is 17.2. The minimum absolute atomic E-state index is 0.0179. The Morgan fingerprint density at radius 3 is 2.29 bits per heavy atom. The predicted molar refractivity (Wildman–Crippen MR) is 96.6 cm³/mol. The van der Waals surface area contributed by atoms with Crippen molar-refractivity contribution in [3.05, 3.63) is 78.9 Å². The first-order valence-corrected chi connectivity index (χ1v) is 7.95. The molecule has 4 nitrogen and oxygen atoms in total. The molecule has 0 radical (unpaired) electrons. The van der Waals surface area contributed by atoms with Gasteiger partial charge in [0.05, 0.1) is 17.7 Å². The van der Waals surface area contributed by atoms with Gasteiger partial charge < -0.3 is 9.47 Å². The van der Waals surface area contributed by atoms with Crippen molar-refractivity contribution in [1.29, 1.82) is 0 Å². The number of nitrogens with zero attached hydrogens (tertiary/aromatic N) is 3. The van der Waals surface area contributed by atoms with E-state index in [2.05, 4.69) is 4.98 Å². The topological polar surface area (TPSA) is 38.1 Å². The van der Waals surface area contributed by atoms with Crippen LogP contribution in [0.5, 0.6) is 0 Å². The van der Waals surface area contributed by atoms with Crippen LogP contribution in [-0.2, 0) is 0 Å². The fraction of sp³-hybridized carbons (Fsp3) is 0.200. The van der Waals surface area contributed by atoms with E-state index < -0.39 is 0 Å². The minimum Gasteiger partial charge on any atom is -0.304 e. The molecular weight excluding hydrogens is 298 g/mol. The number of para-hydroxylation sites is 2. The van der Waals surface area contributed by atoms with E-state index in [0.717, 1.165) is 11.4 Å². The Bertz CT molecular complexity index is 818. The highest BCUT2D eigenvalue weighted by Gasteiger charge is 2.30. The van der Waals surface area contributed by atoms with Gasteiger partial charge in [0, 0.05) is 23.5 Å². The lowest BCUT2D eigenvalue weighted by atomic mass is 10.0. The molecule has 0 aliphatic heterocycles. The summed E-state index contributed by atoms with van der Waals surface area (Å²) in [5.41, 5.74) is 2.09. The Morgan fingerprint density at radius 2 is 1.67 bits per heavy atom. The molecule has 0 aliphatic rings. The quantitative estimate of drug-likeness (QED) is 0.721. The highest BCUT2D eigenvalue weighted by atomic mass is 16.2. The van der Waals surface area contributed by atoms with Crippen LogP contribution in [0.25, 0.3) is 5.69 Å². The SMILES string of the molecule is CC(C)(C)N(C(=O)c1ccccc1)c1ccccc1-n1ccnc1. The van der Waals surface area contributed by atoms with Crippen LogP contribution in [0.4, 0.5) is 5.69 Å². The summed E-state index contributed by atoms with van der Waals surface area (Å²) >= 11 is 0. The number of aromatic nitrogens is 2. The number of hydrogen-bond donors (Lipinski definition) is 0. The number of carbonyl (C=O) groups excluding carboxylic acids is 1. The number of benzene rings is 2. The van der Waals surface area contributed by atoms with Crippen molar-refractivity contribution in [2.45, 2.75) is 26.3 Å². The summed E-state index contributed by atoms with van der Waals surface area (Å²) < 4.78 is 1.92. The first-order chi connectivity index (χ1) is 11.5. The van der Waals surface area contributed by atoms with Gasteiger partial charge in [-0.15, -0.1) is 0 Å². The third-order valence-corrected chi connectivity index (χ3v) is 3.80. The highest BCUT2D eigenvalue weighted by Crippen LogP contribution is 2.31. The van der Waals surface area contributed by atoms with Gasteiger partial charge in [0.25, 0.3) is 5.91 Å². The molecule has 0 aliphatic carbocycles. The summed E-state index contributed by atoms with van der Waals surface area (Å²) in [6.45, 7) is 6.12. The molecule has 0 saturated carbocycles. The molecule has 1 aromatic heterocycles. The largest absolute Gasteiger partial charge is 0.304 e. The average Bonchev–Trinajstić information content (AvgIpc) is 3.09. The molecule has 3 rings (SSSR count).